The minimum absolute atomic E-state index is 0.134. The molecule has 2 aliphatic heterocycles. The molecule has 1 unspecified atom stereocenters. The fourth-order valence-electron chi connectivity index (χ4n) is 2.24. The monoisotopic (exact) mass is 223 g/mol. The first-order valence-electron chi connectivity index (χ1n) is 5.90. The van der Waals surface area contributed by atoms with Gasteiger partial charge in [0, 0.05) is 6.54 Å². The summed E-state index contributed by atoms with van der Waals surface area (Å²) in [4.78, 5) is 19.0. The van der Waals surface area contributed by atoms with Crippen molar-refractivity contribution in [3.05, 3.63) is 0 Å². The van der Waals surface area contributed by atoms with Gasteiger partial charge in [0.05, 0.1) is 18.7 Å². The number of urea groups is 1. The van der Waals surface area contributed by atoms with Gasteiger partial charge in [-0.15, -0.1) is 0 Å². The van der Waals surface area contributed by atoms with Crippen molar-refractivity contribution in [3.8, 4) is 6.07 Å². The molecular weight excluding hydrogens is 206 g/mol. The number of nitrogens with zero attached hydrogens (tertiary/aromatic N) is 3. The van der Waals surface area contributed by atoms with Gasteiger partial charge in [0.2, 0.25) is 0 Å². The minimum atomic E-state index is -0.261. The predicted molar refractivity (Wildman–Crippen MR) is 57.2 cm³/mol. The SMILES string of the molecule is CCCCON1C(=O)N2CC1CC[C@H]2C#N. The van der Waals surface area contributed by atoms with Crippen molar-refractivity contribution in [2.75, 3.05) is 13.2 Å². The molecule has 0 radical (unpaired) electrons. The first-order valence-corrected chi connectivity index (χ1v) is 5.90. The van der Waals surface area contributed by atoms with Gasteiger partial charge in [-0.1, -0.05) is 13.3 Å². The second-order valence-corrected chi connectivity index (χ2v) is 4.32. The van der Waals surface area contributed by atoms with Crippen LogP contribution in [0.5, 0.6) is 0 Å². The quantitative estimate of drug-likeness (QED) is 0.679. The van der Waals surface area contributed by atoms with E-state index in [0.29, 0.717) is 13.2 Å². The van der Waals surface area contributed by atoms with Crippen LogP contribution in [0.2, 0.25) is 0 Å². The fourth-order valence-corrected chi connectivity index (χ4v) is 2.24. The summed E-state index contributed by atoms with van der Waals surface area (Å²) in [5, 5.41) is 10.4. The van der Waals surface area contributed by atoms with Gasteiger partial charge in [-0.05, 0) is 19.3 Å². The molecule has 0 spiro atoms. The molecule has 0 aromatic rings. The van der Waals surface area contributed by atoms with Crippen molar-refractivity contribution >= 4 is 6.03 Å². The van der Waals surface area contributed by atoms with E-state index in [9.17, 15) is 4.79 Å². The van der Waals surface area contributed by atoms with Crippen LogP contribution in [0, 0.1) is 11.3 Å². The third-order valence-electron chi connectivity index (χ3n) is 3.20. The summed E-state index contributed by atoms with van der Waals surface area (Å²) in [6, 6.07) is 1.93. The van der Waals surface area contributed by atoms with Crippen LogP contribution in [0.1, 0.15) is 32.6 Å². The van der Waals surface area contributed by atoms with Crippen LogP contribution in [0.15, 0.2) is 0 Å². The molecule has 2 heterocycles. The lowest BCUT2D eigenvalue weighted by molar-refractivity contribution is -0.130. The summed E-state index contributed by atoms with van der Waals surface area (Å²) in [6.07, 6.45) is 3.64. The number of rotatable bonds is 4. The molecule has 0 aromatic carbocycles. The number of nitriles is 1. The number of hydrogen-bond acceptors (Lipinski definition) is 3. The van der Waals surface area contributed by atoms with E-state index in [-0.39, 0.29) is 18.1 Å². The molecular formula is C11H17N3O2. The maximum Gasteiger partial charge on any atom is 0.345 e. The molecule has 2 bridgehead atoms. The third-order valence-corrected chi connectivity index (χ3v) is 3.20. The number of unbranched alkanes of at least 4 members (excludes halogenated alkanes) is 1. The average molecular weight is 223 g/mol. The topological polar surface area (TPSA) is 56.6 Å². The number of piperidine rings is 1. The molecule has 2 aliphatic rings. The second-order valence-electron chi connectivity index (χ2n) is 4.32. The van der Waals surface area contributed by atoms with Gasteiger partial charge in [0.25, 0.3) is 0 Å². The number of carbonyl (C=O) groups is 1. The summed E-state index contributed by atoms with van der Waals surface area (Å²) in [6.45, 7) is 3.32. The molecule has 16 heavy (non-hydrogen) atoms. The number of carbonyl (C=O) groups excluding carboxylic acids is 1. The van der Waals surface area contributed by atoms with Crippen molar-refractivity contribution in [3.63, 3.8) is 0 Å². The van der Waals surface area contributed by atoms with Crippen molar-refractivity contribution in [1.29, 1.82) is 5.26 Å². The molecule has 2 saturated heterocycles. The second kappa shape index (κ2) is 4.71. The molecule has 0 aromatic heterocycles. The zero-order valence-electron chi connectivity index (χ0n) is 9.56. The molecule has 0 aliphatic carbocycles. The summed E-state index contributed by atoms with van der Waals surface area (Å²) >= 11 is 0. The van der Waals surface area contributed by atoms with Gasteiger partial charge in [0.15, 0.2) is 0 Å². The Balaban J connectivity index is 1.97. The lowest BCUT2D eigenvalue weighted by Gasteiger charge is -2.25. The maximum atomic E-state index is 11.9. The van der Waals surface area contributed by atoms with Crippen LogP contribution in [0.25, 0.3) is 0 Å². The zero-order valence-corrected chi connectivity index (χ0v) is 9.56. The molecule has 2 amide bonds. The summed E-state index contributed by atoms with van der Waals surface area (Å²) in [5.41, 5.74) is 0. The Kier molecular flexibility index (Phi) is 3.30. The van der Waals surface area contributed by atoms with E-state index in [1.54, 1.807) is 4.90 Å². The smallest absolute Gasteiger partial charge is 0.305 e. The van der Waals surface area contributed by atoms with Crippen molar-refractivity contribution in [2.45, 2.75) is 44.7 Å². The van der Waals surface area contributed by atoms with E-state index in [1.807, 2.05) is 0 Å². The van der Waals surface area contributed by atoms with Crippen LogP contribution in [0.4, 0.5) is 4.79 Å². The molecule has 88 valence electrons. The average Bonchev–Trinajstić information content (AvgIpc) is 2.55. The van der Waals surface area contributed by atoms with E-state index in [2.05, 4.69) is 13.0 Å². The van der Waals surface area contributed by atoms with Gasteiger partial charge in [0.1, 0.15) is 6.04 Å². The Morgan fingerprint density at radius 2 is 2.38 bits per heavy atom. The highest BCUT2D eigenvalue weighted by Crippen LogP contribution is 2.29. The Hall–Kier alpha value is -1.28. The van der Waals surface area contributed by atoms with E-state index in [1.165, 1.54) is 5.06 Å². The highest BCUT2D eigenvalue weighted by Gasteiger charge is 2.45. The molecule has 0 N–H and O–H groups in total. The van der Waals surface area contributed by atoms with Gasteiger partial charge in [-0.3, -0.25) is 4.84 Å². The fraction of sp³-hybridized carbons (Fsp3) is 0.818. The number of fused-ring (bicyclic) bond motifs is 2. The van der Waals surface area contributed by atoms with Crippen molar-refractivity contribution in [1.82, 2.24) is 9.96 Å². The standard InChI is InChI=1S/C11H17N3O2/c1-2-3-6-16-14-10-5-4-9(7-12)13(8-10)11(14)15/h9-10H,2-6,8H2,1H3/t9-,10?/m0/s1. The van der Waals surface area contributed by atoms with Crippen LogP contribution in [0.3, 0.4) is 0 Å². The normalized spacial score (nSPS) is 28.4. The largest absolute Gasteiger partial charge is 0.345 e. The van der Waals surface area contributed by atoms with Crippen molar-refractivity contribution in [2.24, 2.45) is 0 Å². The molecule has 2 atom stereocenters. The summed E-state index contributed by atoms with van der Waals surface area (Å²) in [5.74, 6) is 0. The highest BCUT2D eigenvalue weighted by atomic mass is 16.7. The van der Waals surface area contributed by atoms with Crippen molar-refractivity contribution < 1.29 is 9.63 Å². The first-order chi connectivity index (χ1) is 7.77. The van der Waals surface area contributed by atoms with Gasteiger partial charge in [-0.25, -0.2) is 4.79 Å². The minimum Gasteiger partial charge on any atom is -0.305 e. The Morgan fingerprint density at radius 1 is 1.56 bits per heavy atom. The number of hydrogen-bond donors (Lipinski definition) is 0. The van der Waals surface area contributed by atoms with E-state index < -0.39 is 0 Å². The van der Waals surface area contributed by atoms with Gasteiger partial charge in [-0.2, -0.15) is 10.3 Å². The number of hydroxylamine groups is 2. The predicted octanol–water partition coefficient (Wildman–Crippen LogP) is 1.51. The zero-order chi connectivity index (χ0) is 11.5. The maximum absolute atomic E-state index is 11.9. The molecule has 2 rings (SSSR count). The Bertz CT molecular complexity index is 313. The Labute approximate surface area is 95.5 Å². The highest BCUT2D eigenvalue weighted by molar-refractivity contribution is 5.77. The Morgan fingerprint density at radius 3 is 3.06 bits per heavy atom. The van der Waals surface area contributed by atoms with Crippen LogP contribution < -0.4 is 0 Å². The molecule has 5 nitrogen and oxygen atoms in total. The molecule has 0 saturated carbocycles. The van der Waals surface area contributed by atoms with Crippen LogP contribution >= 0.6 is 0 Å². The van der Waals surface area contributed by atoms with Gasteiger partial charge < -0.3 is 4.90 Å². The van der Waals surface area contributed by atoms with Crippen LogP contribution in [-0.2, 0) is 4.84 Å². The van der Waals surface area contributed by atoms with E-state index in [4.69, 9.17) is 10.1 Å². The number of amides is 2. The van der Waals surface area contributed by atoms with Gasteiger partial charge >= 0.3 is 6.03 Å². The summed E-state index contributed by atoms with van der Waals surface area (Å²) in [7, 11) is 0. The third kappa shape index (κ3) is 1.85. The van der Waals surface area contributed by atoms with E-state index >= 15 is 0 Å². The molecule has 2 fully saturated rings. The van der Waals surface area contributed by atoms with Crippen LogP contribution in [-0.4, -0.2) is 41.2 Å². The first kappa shape index (κ1) is 11.2. The lowest BCUT2D eigenvalue weighted by Crippen LogP contribution is -2.38. The summed E-state index contributed by atoms with van der Waals surface area (Å²) < 4.78 is 0. The molecule has 5 heteroatoms. The lowest BCUT2D eigenvalue weighted by atomic mass is 10.0. The van der Waals surface area contributed by atoms with E-state index in [0.717, 1.165) is 25.7 Å².